The van der Waals surface area contributed by atoms with E-state index in [1.54, 1.807) is 0 Å². The van der Waals surface area contributed by atoms with Gasteiger partial charge in [-0.3, -0.25) is 37.2 Å². The van der Waals surface area contributed by atoms with Crippen LogP contribution in [0.3, 0.4) is 0 Å². The van der Waals surface area contributed by atoms with Crippen molar-refractivity contribution in [2.45, 2.75) is 63.1 Å². The second-order valence-corrected chi connectivity index (χ2v) is 17.6. The van der Waals surface area contributed by atoms with Crippen molar-refractivity contribution in [1.82, 2.24) is 29.6 Å². The van der Waals surface area contributed by atoms with Gasteiger partial charge in [0.2, 0.25) is 16.9 Å². The summed E-state index contributed by atoms with van der Waals surface area (Å²) >= 11 is 0.330. The molecule has 312 valence electrons. The Balaban J connectivity index is 1.26. The highest BCUT2D eigenvalue weighted by molar-refractivity contribution is 8.12. The van der Waals surface area contributed by atoms with E-state index in [2.05, 4.69) is 33.8 Å². The molecule has 0 radical (unpaired) electrons. The number of nitrogens with one attached hydrogen (secondary N) is 2. The van der Waals surface area contributed by atoms with Crippen LogP contribution in [-0.2, 0) is 50.7 Å². The smallest absolute Gasteiger partial charge is 0.386 e. The molecule has 2 amide bonds. The number of aromatic nitrogens is 4. The Morgan fingerprint density at radius 1 is 1.07 bits per heavy atom. The number of nitrogens with two attached hydrogens (primary N) is 1. The third kappa shape index (κ3) is 12.0. The van der Waals surface area contributed by atoms with Gasteiger partial charge in [0, 0.05) is 35.9 Å². The van der Waals surface area contributed by atoms with Crippen molar-refractivity contribution in [2.24, 2.45) is 5.41 Å². The third-order valence-electron chi connectivity index (χ3n) is 7.80. The molecule has 0 bridgehead atoms. The predicted octanol–water partition coefficient (Wildman–Crippen LogP) is -2.20. The molecule has 1 saturated heterocycles. The number of amides is 2. The minimum absolute atomic E-state index is 0.0153. The maximum atomic E-state index is 12.7. The number of aliphatic hydroxyl groups is 4. The van der Waals surface area contributed by atoms with Gasteiger partial charge in [0.15, 0.2) is 17.7 Å². The number of ether oxygens (including phenoxy) is 1. The van der Waals surface area contributed by atoms with Crippen LogP contribution in [-0.4, -0.2) is 133 Å². The number of imidazole rings is 1. The number of nitrogens with zero attached hydrogens (tertiary/aromatic N) is 4. The van der Waals surface area contributed by atoms with Gasteiger partial charge < -0.3 is 55.8 Å². The van der Waals surface area contributed by atoms with Crippen molar-refractivity contribution >= 4 is 69.3 Å². The van der Waals surface area contributed by atoms with Crippen LogP contribution in [0, 0.1) is 5.41 Å². The van der Waals surface area contributed by atoms with Crippen LogP contribution in [0.15, 0.2) is 36.5 Å². The Morgan fingerprint density at radius 2 is 1.75 bits per heavy atom. The molecule has 56 heavy (non-hydrogen) atoms. The molecule has 30 heteroatoms. The maximum absolute atomic E-state index is 12.7. The fourth-order valence-corrected chi connectivity index (χ4v) is 8.36. The first-order chi connectivity index (χ1) is 25.9. The molecular formula is C26H38N7O19P3S. The number of carbonyl (C=O) groups excluding carboxylic acids is 3. The van der Waals surface area contributed by atoms with Crippen LogP contribution in [0.2, 0.25) is 0 Å². The summed E-state index contributed by atoms with van der Waals surface area (Å²) in [5.41, 5.74) is 4.00. The summed E-state index contributed by atoms with van der Waals surface area (Å²) < 4.78 is 64.1. The molecule has 1 fully saturated rings. The van der Waals surface area contributed by atoms with Crippen LogP contribution in [0.5, 0.6) is 0 Å². The van der Waals surface area contributed by atoms with Crippen molar-refractivity contribution in [3.05, 3.63) is 36.5 Å². The van der Waals surface area contributed by atoms with Gasteiger partial charge >= 0.3 is 23.5 Å². The normalized spacial score (nSPS) is 25.6. The maximum Gasteiger partial charge on any atom is 0.481 e. The lowest BCUT2D eigenvalue weighted by molar-refractivity contribution is -0.137. The third-order valence-corrected chi connectivity index (χ3v) is 11.6. The highest BCUT2D eigenvalue weighted by Crippen LogP contribution is 2.61. The lowest BCUT2D eigenvalue weighted by atomic mass is 9.87. The number of allylic oxidation sites excluding steroid dienone is 2. The number of aliphatic hydroxyl groups excluding tert-OH is 4. The number of rotatable bonds is 17. The van der Waals surface area contributed by atoms with Crippen LogP contribution in [0.4, 0.5) is 5.82 Å². The van der Waals surface area contributed by atoms with E-state index < -0.39 is 102 Å². The zero-order chi connectivity index (χ0) is 41.8. The molecule has 0 spiro atoms. The van der Waals surface area contributed by atoms with Gasteiger partial charge in [-0.2, -0.15) is 4.31 Å². The SMILES string of the molecule is CC(C)(COP(=O)(O)OP(=O)(O)OC[C@H]1O[C@@H](n2cnc3c(N)ncnc32)[C@H](O)[C@@H]1OP(=O)(O)O)[C@@H](O)C(=O)NCCC(=O)NSC(=O)C1=CC=CC(O)C1O. The lowest BCUT2D eigenvalue weighted by Crippen LogP contribution is -2.46. The summed E-state index contributed by atoms with van der Waals surface area (Å²) in [6.45, 7) is -0.0455. The molecule has 3 heterocycles. The number of fused-ring (bicyclic) bond motifs is 1. The molecule has 4 rings (SSSR count). The van der Waals surface area contributed by atoms with E-state index in [1.165, 1.54) is 32.1 Å². The molecule has 0 saturated carbocycles. The highest BCUT2D eigenvalue weighted by atomic mass is 32.2. The number of nitrogen functional groups attached to an aromatic ring is 1. The number of hydrogen-bond acceptors (Lipinski definition) is 20. The van der Waals surface area contributed by atoms with E-state index >= 15 is 0 Å². The zero-order valence-electron chi connectivity index (χ0n) is 28.9. The summed E-state index contributed by atoms with van der Waals surface area (Å²) in [5.74, 6) is -1.86. The monoisotopic (exact) mass is 877 g/mol. The van der Waals surface area contributed by atoms with Gasteiger partial charge in [0.05, 0.1) is 19.5 Å². The largest absolute Gasteiger partial charge is 0.481 e. The molecule has 4 unspecified atom stereocenters. The summed E-state index contributed by atoms with van der Waals surface area (Å²) in [5, 5.41) is 42.4. The number of hydrogen-bond donors (Lipinski definition) is 11. The first-order valence-electron chi connectivity index (χ1n) is 15.8. The Hall–Kier alpha value is -3.04. The van der Waals surface area contributed by atoms with Crippen molar-refractivity contribution < 1.29 is 90.7 Å². The molecule has 12 N–H and O–H groups in total. The van der Waals surface area contributed by atoms with Gasteiger partial charge in [0.25, 0.3) is 0 Å². The minimum atomic E-state index is -5.60. The predicted molar refractivity (Wildman–Crippen MR) is 187 cm³/mol. The Labute approximate surface area is 319 Å². The van der Waals surface area contributed by atoms with E-state index in [1.807, 2.05) is 0 Å². The van der Waals surface area contributed by atoms with Crippen molar-refractivity contribution in [3.8, 4) is 0 Å². The number of phosphoric ester groups is 3. The standard InChI is InChI=1S/C26H38N7O19P3S/c1-26(2,20(38)23(39)28-7-6-15(35)32-56-25(40)12-4-3-5-13(34)17(12)36)9-49-55(46,47)52-54(44,45)48-8-14-19(51-53(41,42)43)18(37)24(50-14)33-11-31-16-21(27)29-10-30-22(16)33/h3-5,10-11,13-14,17-20,24,34,36-38H,6-9H2,1-2H3,(H,28,39)(H,32,35)(H,44,45)(H,46,47)(H2,27,29,30)(H2,41,42,43)/t13?,14-,17?,18-,19-,20+,24-/m1/s1. The minimum Gasteiger partial charge on any atom is -0.386 e. The Kier molecular flexibility index (Phi) is 14.9. The molecule has 2 aromatic rings. The zero-order valence-corrected chi connectivity index (χ0v) is 32.4. The number of phosphoric acid groups is 3. The second kappa shape index (κ2) is 18.3. The highest BCUT2D eigenvalue weighted by Gasteiger charge is 2.50. The summed E-state index contributed by atoms with van der Waals surface area (Å²) in [6, 6.07) is 0. The fraction of sp³-hybridized carbons (Fsp3) is 0.538. The molecular weight excluding hydrogens is 839 g/mol. The molecule has 1 aliphatic carbocycles. The quantitative estimate of drug-likeness (QED) is 0.0593. The topological polar surface area (TPSA) is 404 Å². The van der Waals surface area contributed by atoms with Gasteiger partial charge in [-0.25, -0.2) is 28.6 Å². The average Bonchev–Trinajstić information content (AvgIpc) is 3.66. The average molecular weight is 878 g/mol. The molecule has 2 aromatic heterocycles. The van der Waals surface area contributed by atoms with Crippen LogP contribution in [0.25, 0.3) is 11.2 Å². The van der Waals surface area contributed by atoms with E-state index in [4.69, 9.17) is 19.5 Å². The second-order valence-electron chi connectivity index (χ2n) is 12.6. The number of anilines is 1. The first-order valence-corrected chi connectivity index (χ1v) is 21.1. The first kappa shape index (κ1) is 45.7. The molecule has 26 nitrogen and oxygen atoms in total. The van der Waals surface area contributed by atoms with Gasteiger partial charge in [0.1, 0.15) is 48.5 Å². The Bertz CT molecular complexity index is 1990. The van der Waals surface area contributed by atoms with E-state index in [-0.39, 0.29) is 35.5 Å². The molecule has 2 aliphatic rings. The number of carbonyl (C=O) groups is 3. The Morgan fingerprint density at radius 3 is 2.43 bits per heavy atom. The summed E-state index contributed by atoms with van der Waals surface area (Å²) in [7, 11) is -16.5. The molecule has 9 atom stereocenters. The summed E-state index contributed by atoms with van der Waals surface area (Å²) in [4.78, 5) is 87.7. The van der Waals surface area contributed by atoms with Crippen LogP contribution >= 0.6 is 35.4 Å². The van der Waals surface area contributed by atoms with Crippen molar-refractivity contribution in [3.63, 3.8) is 0 Å². The van der Waals surface area contributed by atoms with E-state index in [0.29, 0.717) is 11.9 Å². The van der Waals surface area contributed by atoms with E-state index in [0.717, 1.165) is 17.2 Å². The van der Waals surface area contributed by atoms with Crippen LogP contribution in [0.1, 0.15) is 26.5 Å². The van der Waals surface area contributed by atoms with Crippen LogP contribution < -0.4 is 15.8 Å². The lowest BCUT2D eigenvalue weighted by Gasteiger charge is -2.30. The van der Waals surface area contributed by atoms with Crippen molar-refractivity contribution in [2.75, 3.05) is 25.5 Å². The van der Waals surface area contributed by atoms with Gasteiger partial charge in [-0.15, -0.1) is 0 Å². The summed E-state index contributed by atoms with van der Waals surface area (Å²) in [6.07, 6.45) is -6.21. The fourth-order valence-electron chi connectivity index (χ4n) is 4.91. The van der Waals surface area contributed by atoms with E-state index in [9.17, 15) is 68.1 Å². The molecule has 1 aliphatic heterocycles. The van der Waals surface area contributed by atoms with Gasteiger partial charge in [-0.05, 0) is 0 Å². The van der Waals surface area contributed by atoms with Gasteiger partial charge in [-0.1, -0.05) is 32.1 Å². The van der Waals surface area contributed by atoms with Crippen molar-refractivity contribution in [1.29, 1.82) is 0 Å². The molecule has 0 aromatic carbocycles.